The Hall–Kier alpha value is -1.56. The zero-order valence-corrected chi connectivity index (χ0v) is 11.4. The van der Waals surface area contributed by atoms with Gasteiger partial charge < -0.3 is 10.3 Å². The Labute approximate surface area is 107 Å². The molecule has 0 atom stereocenters. The van der Waals surface area contributed by atoms with Crippen LogP contribution < -0.4 is 5.73 Å². The second-order valence-electron chi connectivity index (χ2n) is 4.35. The molecule has 6 heteroatoms. The summed E-state index contributed by atoms with van der Waals surface area (Å²) in [6.45, 7) is 3.98. The van der Waals surface area contributed by atoms with Gasteiger partial charge in [0, 0.05) is 12.3 Å². The maximum atomic E-state index is 11.5. The molecule has 0 aliphatic carbocycles. The summed E-state index contributed by atoms with van der Waals surface area (Å²) in [4.78, 5) is 4.25. The molecule has 2 rings (SSSR count). The van der Waals surface area contributed by atoms with Crippen molar-refractivity contribution in [2.45, 2.75) is 20.4 Å². The van der Waals surface area contributed by atoms with Crippen LogP contribution in [-0.4, -0.2) is 29.5 Å². The molecule has 0 bridgehead atoms. The van der Waals surface area contributed by atoms with Gasteiger partial charge in [-0.25, -0.2) is 13.4 Å². The van der Waals surface area contributed by atoms with Crippen LogP contribution >= 0.6 is 0 Å². The molecule has 98 valence electrons. The van der Waals surface area contributed by atoms with Gasteiger partial charge in [-0.05, 0) is 24.6 Å². The van der Waals surface area contributed by atoms with Crippen LogP contribution in [0.2, 0.25) is 0 Å². The predicted octanol–water partition coefficient (Wildman–Crippen LogP) is 1.36. The Kier molecular flexibility index (Phi) is 3.30. The second kappa shape index (κ2) is 4.61. The summed E-state index contributed by atoms with van der Waals surface area (Å²) in [5.41, 5.74) is 8.62. The average molecular weight is 267 g/mol. The summed E-state index contributed by atoms with van der Waals surface area (Å²) in [5.74, 6) is 0.605. The molecular formula is C12H17N3O2S. The fourth-order valence-electron chi connectivity index (χ4n) is 1.87. The summed E-state index contributed by atoms with van der Waals surface area (Å²) in [7, 11) is -2.99. The lowest BCUT2D eigenvalue weighted by Gasteiger charge is -2.06. The van der Waals surface area contributed by atoms with Gasteiger partial charge in [0.25, 0.3) is 0 Å². The van der Waals surface area contributed by atoms with Crippen molar-refractivity contribution >= 4 is 26.8 Å². The summed E-state index contributed by atoms with van der Waals surface area (Å²) < 4.78 is 24.8. The van der Waals surface area contributed by atoms with Crippen LogP contribution in [0.5, 0.6) is 0 Å². The fourth-order valence-corrected chi connectivity index (χ4v) is 2.62. The van der Waals surface area contributed by atoms with Crippen molar-refractivity contribution in [3.8, 4) is 0 Å². The summed E-state index contributed by atoms with van der Waals surface area (Å²) in [6, 6.07) is 5.83. The molecule has 0 unspecified atom stereocenters. The molecule has 0 aliphatic rings. The smallest absolute Gasteiger partial charge is 0.201 e. The lowest BCUT2D eigenvalue weighted by molar-refractivity contribution is 0.591. The topological polar surface area (TPSA) is 78.0 Å². The van der Waals surface area contributed by atoms with Crippen molar-refractivity contribution in [2.75, 3.05) is 17.2 Å². The minimum absolute atomic E-state index is 0.0903. The number of sulfone groups is 1. The number of nitrogens with two attached hydrogens (primary N) is 1. The van der Waals surface area contributed by atoms with E-state index in [4.69, 9.17) is 5.73 Å². The highest BCUT2D eigenvalue weighted by atomic mass is 32.2. The molecule has 0 aliphatic heterocycles. The molecule has 2 aromatic rings. The van der Waals surface area contributed by atoms with Crippen molar-refractivity contribution < 1.29 is 8.42 Å². The number of aryl methyl sites for hydroxylation is 2. The SMILES string of the molecule is CCS(=O)(=O)CCn1c(N)nc2cc(C)ccc21. The number of anilines is 1. The maximum absolute atomic E-state index is 11.5. The molecule has 1 heterocycles. The monoisotopic (exact) mass is 267 g/mol. The number of fused-ring (bicyclic) bond motifs is 1. The van der Waals surface area contributed by atoms with E-state index < -0.39 is 9.84 Å². The minimum atomic E-state index is -2.99. The molecule has 1 aromatic carbocycles. The second-order valence-corrected chi connectivity index (χ2v) is 6.82. The summed E-state index contributed by atoms with van der Waals surface area (Å²) in [5, 5.41) is 0. The van der Waals surface area contributed by atoms with Crippen molar-refractivity contribution in [1.29, 1.82) is 0 Å². The zero-order chi connectivity index (χ0) is 13.3. The van der Waals surface area contributed by atoms with E-state index in [1.54, 1.807) is 11.5 Å². The first-order chi connectivity index (χ1) is 8.43. The average Bonchev–Trinajstić information content (AvgIpc) is 2.61. The van der Waals surface area contributed by atoms with Crippen LogP contribution in [0.3, 0.4) is 0 Å². The Morgan fingerprint density at radius 2 is 2.11 bits per heavy atom. The van der Waals surface area contributed by atoms with Gasteiger partial charge >= 0.3 is 0 Å². The first-order valence-corrected chi connectivity index (χ1v) is 7.68. The van der Waals surface area contributed by atoms with E-state index in [9.17, 15) is 8.42 Å². The van der Waals surface area contributed by atoms with Gasteiger partial charge in [-0.15, -0.1) is 0 Å². The van der Waals surface area contributed by atoms with Gasteiger partial charge in [-0.2, -0.15) is 0 Å². The molecule has 0 amide bonds. The van der Waals surface area contributed by atoms with Crippen LogP contribution in [0.1, 0.15) is 12.5 Å². The first kappa shape index (κ1) is 12.9. The van der Waals surface area contributed by atoms with Crippen LogP contribution in [0.15, 0.2) is 18.2 Å². The number of hydrogen-bond donors (Lipinski definition) is 1. The normalized spacial score (nSPS) is 12.1. The molecule has 18 heavy (non-hydrogen) atoms. The number of nitrogens with zero attached hydrogens (tertiary/aromatic N) is 2. The molecule has 0 saturated carbocycles. The molecule has 0 spiro atoms. The van der Waals surface area contributed by atoms with E-state index in [2.05, 4.69) is 4.98 Å². The highest BCUT2D eigenvalue weighted by Crippen LogP contribution is 2.19. The van der Waals surface area contributed by atoms with E-state index in [0.29, 0.717) is 12.5 Å². The van der Waals surface area contributed by atoms with Crippen LogP contribution in [0.25, 0.3) is 11.0 Å². The number of aromatic nitrogens is 2. The lowest BCUT2D eigenvalue weighted by atomic mass is 10.2. The molecular weight excluding hydrogens is 250 g/mol. The Morgan fingerprint density at radius 3 is 2.78 bits per heavy atom. The van der Waals surface area contributed by atoms with Gasteiger partial charge in [-0.3, -0.25) is 0 Å². The van der Waals surface area contributed by atoms with E-state index in [0.717, 1.165) is 16.6 Å². The van der Waals surface area contributed by atoms with Gasteiger partial charge in [0.05, 0.1) is 16.8 Å². The van der Waals surface area contributed by atoms with Gasteiger partial charge in [0.1, 0.15) is 0 Å². The number of rotatable bonds is 4. The van der Waals surface area contributed by atoms with Crippen molar-refractivity contribution in [2.24, 2.45) is 0 Å². The minimum Gasteiger partial charge on any atom is -0.369 e. The molecule has 1 aromatic heterocycles. The van der Waals surface area contributed by atoms with Gasteiger partial charge in [-0.1, -0.05) is 13.0 Å². The molecule has 0 saturated heterocycles. The highest BCUT2D eigenvalue weighted by Gasteiger charge is 2.12. The number of hydrogen-bond acceptors (Lipinski definition) is 4. The first-order valence-electron chi connectivity index (χ1n) is 5.86. The van der Waals surface area contributed by atoms with Crippen LogP contribution in [-0.2, 0) is 16.4 Å². The van der Waals surface area contributed by atoms with Gasteiger partial charge in [0.15, 0.2) is 9.84 Å². The molecule has 0 radical (unpaired) electrons. The standard InChI is InChI=1S/C12H17N3O2S/c1-3-18(16,17)7-6-15-11-5-4-9(2)8-10(11)14-12(15)13/h4-5,8H,3,6-7H2,1-2H3,(H2,13,14). The third-order valence-electron chi connectivity index (χ3n) is 3.00. The fraction of sp³-hybridized carbons (Fsp3) is 0.417. The van der Waals surface area contributed by atoms with E-state index in [-0.39, 0.29) is 11.5 Å². The van der Waals surface area contributed by atoms with Crippen molar-refractivity contribution in [1.82, 2.24) is 9.55 Å². The summed E-state index contributed by atoms with van der Waals surface area (Å²) in [6.07, 6.45) is 0. The number of benzene rings is 1. The number of nitrogen functional groups attached to an aromatic ring is 1. The van der Waals surface area contributed by atoms with Crippen LogP contribution in [0.4, 0.5) is 5.95 Å². The Balaban J connectivity index is 2.36. The maximum Gasteiger partial charge on any atom is 0.201 e. The molecule has 2 N–H and O–H groups in total. The zero-order valence-electron chi connectivity index (χ0n) is 10.5. The Morgan fingerprint density at radius 1 is 1.39 bits per heavy atom. The molecule has 0 fully saturated rings. The summed E-state index contributed by atoms with van der Waals surface area (Å²) >= 11 is 0. The van der Waals surface area contributed by atoms with Crippen molar-refractivity contribution in [3.05, 3.63) is 23.8 Å². The van der Waals surface area contributed by atoms with E-state index in [1.807, 2.05) is 25.1 Å². The Bertz CT molecular complexity index is 674. The van der Waals surface area contributed by atoms with E-state index in [1.165, 1.54) is 0 Å². The van der Waals surface area contributed by atoms with E-state index >= 15 is 0 Å². The van der Waals surface area contributed by atoms with Crippen molar-refractivity contribution in [3.63, 3.8) is 0 Å². The molecule has 5 nitrogen and oxygen atoms in total. The predicted molar refractivity (Wildman–Crippen MR) is 73.2 cm³/mol. The third kappa shape index (κ3) is 2.48. The third-order valence-corrected chi connectivity index (χ3v) is 4.68. The quantitative estimate of drug-likeness (QED) is 0.907. The lowest BCUT2D eigenvalue weighted by Crippen LogP contribution is -2.15. The highest BCUT2D eigenvalue weighted by molar-refractivity contribution is 7.91. The van der Waals surface area contributed by atoms with Crippen LogP contribution in [0, 0.1) is 6.92 Å². The number of imidazole rings is 1. The van der Waals surface area contributed by atoms with Gasteiger partial charge in [0.2, 0.25) is 5.95 Å². The largest absolute Gasteiger partial charge is 0.369 e.